The maximum absolute atomic E-state index is 12.2. The summed E-state index contributed by atoms with van der Waals surface area (Å²) in [5, 5.41) is 11.9. The summed E-state index contributed by atoms with van der Waals surface area (Å²) >= 11 is 0. The van der Waals surface area contributed by atoms with Crippen LogP contribution < -0.4 is 5.32 Å². The van der Waals surface area contributed by atoms with E-state index in [1.165, 1.54) is 0 Å². The smallest absolute Gasteiger partial charge is 0.317 e. The van der Waals surface area contributed by atoms with Gasteiger partial charge in [-0.25, -0.2) is 4.79 Å². The van der Waals surface area contributed by atoms with Crippen molar-refractivity contribution in [3.05, 3.63) is 0 Å². The Balaban J connectivity index is 2.50. The Hall–Kier alpha value is -1.30. The van der Waals surface area contributed by atoms with Crippen molar-refractivity contribution in [1.29, 1.82) is 0 Å². The Kier molecular flexibility index (Phi) is 6.45. The number of methoxy groups -OCH3 is 1. The molecule has 2 atom stereocenters. The number of hydrogen-bond donors (Lipinski definition) is 2. The summed E-state index contributed by atoms with van der Waals surface area (Å²) in [6.45, 7) is 7.35. The Morgan fingerprint density at radius 1 is 1.43 bits per heavy atom. The predicted octanol–water partition coefficient (Wildman–Crippen LogP) is 1.94. The standard InChI is InChI=1S/C15H28N2O4/c1-11(2)8-12(13(18)19)9-16-14(20)17-7-5-6-15(3,10-17)21-4/h11-12H,5-10H2,1-4H3,(H,16,20)(H,18,19). The van der Waals surface area contributed by atoms with Gasteiger partial charge in [-0.3, -0.25) is 4.79 Å². The van der Waals surface area contributed by atoms with Crippen LogP contribution in [0.2, 0.25) is 0 Å². The van der Waals surface area contributed by atoms with Crippen molar-refractivity contribution in [2.75, 3.05) is 26.7 Å². The lowest BCUT2D eigenvalue weighted by atomic mass is 9.95. The van der Waals surface area contributed by atoms with Gasteiger partial charge in [0.2, 0.25) is 0 Å². The quantitative estimate of drug-likeness (QED) is 0.786. The summed E-state index contributed by atoms with van der Waals surface area (Å²) in [5.74, 6) is -1.10. The van der Waals surface area contributed by atoms with Gasteiger partial charge in [0.05, 0.1) is 18.1 Å². The number of urea groups is 1. The Morgan fingerprint density at radius 2 is 2.10 bits per heavy atom. The van der Waals surface area contributed by atoms with E-state index in [-0.39, 0.29) is 24.1 Å². The lowest BCUT2D eigenvalue weighted by Gasteiger charge is -2.39. The number of carbonyl (C=O) groups excluding carboxylic acids is 1. The first kappa shape index (κ1) is 17.8. The second-order valence-electron chi connectivity index (χ2n) is 6.53. The molecule has 0 saturated carbocycles. The van der Waals surface area contributed by atoms with E-state index in [0.717, 1.165) is 12.8 Å². The summed E-state index contributed by atoms with van der Waals surface area (Å²) < 4.78 is 5.46. The first-order valence-corrected chi connectivity index (χ1v) is 7.58. The number of hydrogen-bond acceptors (Lipinski definition) is 3. The number of nitrogens with one attached hydrogen (secondary N) is 1. The van der Waals surface area contributed by atoms with Crippen LogP contribution >= 0.6 is 0 Å². The number of piperidine rings is 1. The van der Waals surface area contributed by atoms with E-state index in [4.69, 9.17) is 4.74 Å². The Morgan fingerprint density at radius 3 is 2.62 bits per heavy atom. The van der Waals surface area contributed by atoms with E-state index in [2.05, 4.69) is 5.32 Å². The molecule has 1 aliphatic heterocycles. The molecule has 21 heavy (non-hydrogen) atoms. The molecule has 1 saturated heterocycles. The number of nitrogens with zero attached hydrogens (tertiary/aromatic N) is 1. The van der Waals surface area contributed by atoms with Crippen molar-refractivity contribution in [2.45, 2.75) is 45.6 Å². The van der Waals surface area contributed by atoms with E-state index >= 15 is 0 Å². The second kappa shape index (κ2) is 7.64. The van der Waals surface area contributed by atoms with Crippen molar-refractivity contribution >= 4 is 12.0 Å². The van der Waals surface area contributed by atoms with Crippen LogP contribution in [0.4, 0.5) is 4.79 Å². The number of carboxylic acid groups (broad SMARTS) is 1. The van der Waals surface area contributed by atoms with Gasteiger partial charge in [0.1, 0.15) is 0 Å². The fourth-order valence-electron chi connectivity index (χ4n) is 2.71. The molecule has 2 N–H and O–H groups in total. The summed E-state index contributed by atoms with van der Waals surface area (Å²) in [5.41, 5.74) is -0.306. The minimum atomic E-state index is -0.857. The zero-order chi connectivity index (χ0) is 16.0. The van der Waals surface area contributed by atoms with Gasteiger partial charge in [-0.15, -0.1) is 0 Å². The maximum Gasteiger partial charge on any atom is 0.317 e. The van der Waals surface area contributed by atoms with Crippen LogP contribution in [0.5, 0.6) is 0 Å². The average molecular weight is 300 g/mol. The molecule has 1 heterocycles. The largest absolute Gasteiger partial charge is 0.481 e. The van der Waals surface area contributed by atoms with Crippen molar-refractivity contribution in [1.82, 2.24) is 10.2 Å². The number of ether oxygens (including phenoxy) is 1. The molecule has 6 heteroatoms. The highest BCUT2D eigenvalue weighted by molar-refractivity contribution is 5.76. The van der Waals surface area contributed by atoms with Gasteiger partial charge >= 0.3 is 12.0 Å². The topological polar surface area (TPSA) is 78.9 Å². The number of carboxylic acids is 1. The molecule has 2 amide bonds. The fraction of sp³-hybridized carbons (Fsp3) is 0.867. The molecular weight excluding hydrogens is 272 g/mol. The van der Waals surface area contributed by atoms with Crippen LogP contribution in [0.1, 0.15) is 40.0 Å². The van der Waals surface area contributed by atoms with Gasteiger partial charge in [0, 0.05) is 20.2 Å². The van der Waals surface area contributed by atoms with Gasteiger partial charge < -0.3 is 20.1 Å². The molecule has 122 valence electrons. The summed E-state index contributed by atoms with van der Waals surface area (Å²) in [7, 11) is 1.66. The predicted molar refractivity (Wildman–Crippen MR) is 80.2 cm³/mol. The third kappa shape index (κ3) is 5.53. The van der Waals surface area contributed by atoms with E-state index in [1.54, 1.807) is 12.0 Å². The first-order valence-electron chi connectivity index (χ1n) is 7.58. The zero-order valence-electron chi connectivity index (χ0n) is 13.5. The van der Waals surface area contributed by atoms with Crippen LogP contribution in [-0.2, 0) is 9.53 Å². The number of carbonyl (C=O) groups is 2. The van der Waals surface area contributed by atoms with Gasteiger partial charge in [0.25, 0.3) is 0 Å². The minimum Gasteiger partial charge on any atom is -0.481 e. The van der Waals surface area contributed by atoms with Crippen LogP contribution in [0.25, 0.3) is 0 Å². The van der Waals surface area contributed by atoms with Crippen molar-refractivity contribution in [3.63, 3.8) is 0 Å². The average Bonchev–Trinajstić information content (AvgIpc) is 2.42. The maximum atomic E-state index is 12.2. The highest BCUT2D eigenvalue weighted by atomic mass is 16.5. The van der Waals surface area contributed by atoms with E-state index in [1.807, 2.05) is 20.8 Å². The van der Waals surface area contributed by atoms with Crippen LogP contribution in [0.3, 0.4) is 0 Å². The monoisotopic (exact) mass is 300 g/mol. The highest BCUT2D eigenvalue weighted by Crippen LogP contribution is 2.23. The molecule has 2 unspecified atom stereocenters. The molecule has 0 spiro atoms. The number of aliphatic carboxylic acids is 1. The highest BCUT2D eigenvalue weighted by Gasteiger charge is 2.33. The lowest BCUT2D eigenvalue weighted by molar-refractivity contribution is -0.142. The molecule has 0 aromatic carbocycles. The third-order valence-electron chi connectivity index (χ3n) is 4.04. The van der Waals surface area contributed by atoms with Crippen molar-refractivity contribution < 1.29 is 19.4 Å². The van der Waals surface area contributed by atoms with E-state index in [9.17, 15) is 14.7 Å². The van der Waals surface area contributed by atoms with E-state index < -0.39 is 11.9 Å². The Labute approximate surface area is 126 Å². The molecular formula is C15H28N2O4. The van der Waals surface area contributed by atoms with Crippen LogP contribution in [0, 0.1) is 11.8 Å². The SMILES string of the molecule is COC1(C)CCCN(C(=O)NCC(CC(C)C)C(=O)O)C1. The second-order valence-corrected chi connectivity index (χ2v) is 6.53. The molecule has 1 aliphatic rings. The summed E-state index contributed by atoms with van der Waals surface area (Å²) in [6, 6.07) is -0.201. The molecule has 0 aromatic rings. The van der Waals surface area contributed by atoms with Gasteiger partial charge in [0.15, 0.2) is 0 Å². The van der Waals surface area contributed by atoms with Crippen LogP contribution in [0.15, 0.2) is 0 Å². The van der Waals surface area contributed by atoms with Crippen LogP contribution in [-0.4, -0.2) is 54.4 Å². The Bertz CT molecular complexity index is 373. The van der Waals surface area contributed by atoms with Crippen molar-refractivity contribution in [2.24, 2.45) is 11.8 Å². The molecule has 0 aliphatic carbocycles. The van der Waals surface area contributed by atoms with E-state index in [0.29, 0.717) is 19.5 Å². The fourth-order valence-corrected chi connectivity index (χ4v) is 2.71. The number of amides is 2. The summed E-state index contributed by atoms with van der Waals surface area (Å²) in [4.78, 5) is 25.1. The molecule has 1 rings (SSSR count). The normalized spacial score (nSPS) is 24.0. The molecule has 0 radical (unpaired) electrons. The molecule has 0 bridgehead atoms. The van der Waals surface area contributed by atoms with Crippen molar-refractivity contribution in [3.8, 4) is 0 Å². The van der Waals surface area contributed by atoms with Gasteiger partial charge in [-0.2, -0.15) is 0 Å². The summed E-state index contributed by atoms with van der Waals surface area (Å²) in [6.07, 6.45) is 2.38. The van der Waals surface area contributed by atoms with Gasteiger partial charge in [-0.1, -0.05) is 13.8 Å². The number of rotatable bonds is 6. The van der Waals surface area contributed by atoms with Gasteiger partial charge in [-0.05, 0) is 32.1 Å². The first-order chi connectivity index (χ1) is 9.77. The lowest BCUT2D eigenvalue weighted by Crippen LogP contribution is -2.53. The third-order valence-corrected chi connectivity index (χ3v) is 4.04. The molecule has 6 nitrogen and oxygen atoms in total. The molecule has 0 aromatic heterocycles. The molecule has 1 fully saturated rings. The number of likely N-dealkylation sites (tertiary alicyclic amines) is 1. The minimum absolute atomic E-state index is 0.173. The zero-order valence-corrected chi connectivity index (χ0v) is 13.5.